The molecule has 0 saturated heterocycles. The second-order valence-electron chi connectivity index (χ2n) is 5.46. The van der Waals surface area contributed by atoms with Gasteiger partial charge in [-0.1, -0.05) is 18.2 Å². The van der Waals surface area contributed by atoms with Gasteiger partial charge in [-0.05, 0) is 48.0 Å². The van der Waals surface area contributed by atoms with Crippen molar-refractivity contribution in [1.82, 2.24) is 9.78 Å². The highest BCUT2D eigenvalue weighted by molar-refractivity contribution is 9.11. The van der Waals surface area contributed by atoms with Crippen LogP contribution in [0.3, 0.4) is 0 Å². The van der Waals surface area contributed by atoms with E-state index in [-0.39, 0.29) is 16.6 Å². The minimum absolute atomic E-state index is 0.208. The van der Waals surface area contributed by atoms with E-state index in [4.69, 9.17) is 0 Å². The quantitative estimate of drug-likeness (QED) is 0.638. The lowest BCUT2D eigenvalue weighted by atomic mass is 10.2. The van der Waals surface area contributed by atoms with Gasteiger partial charge in [0.1, 0.15) is 10.0 Å². The van der Waals surface area contributed by atoms with Gasteiger partial charge in [0.2, 0.25) is 0 Å². The third-order valence-corrected chi connectivity index (χ3v) is 7.17. The normalized spacial score (nSPS) is 11.7. The summed E-state index contributed by atoms with van der Waals surface area (Å²) in [6, 6.07) is 9.66. The minimum atomic E-state index is -3.69. The number of aromatic nitrogens is 2. The van der Waals surface area contributed by atoms with Gasteiger partial charge in [0.05, 0.1) is 27.4 Å². The molecule has 3 rings (SSSR count). The van der Waals surface area contributed by atoms with Crippen molar-refractivity contribution in [2.45, 2.75) is 24.6 Å². The van der Waals surface area contributed by atoms with Crippen LogP contribution in [0, 0.1) is 19.7 Å². The van der Waals surface area contributed by atoms with Gasteiger partial charge in [0, 0.05) is 5.56 Å². The number of hydrogen-bond donors (Lipinski definition) is 1. The molecule has 0 aliphatic rings. The molecule has 0 saturated carbocycles. The van der Waals surface area contributed by atoms with E-state index in [0.29, 0.717) is 22.6 Å². The lowest BCUT2D eigenvalue weighted by molar-refractivity contribution is 0.579. The molecular formula is C16H15BrFN3O2S2. The zero-order chi connectivity index (χ0) is 18.2. The Morgan fingerprint density at radius 1 is 1.24 bits per heavy atom. The predicted octanol–water partition coefficient (Wildman–Crippen LogP) is 4.31. The Morgan fingerprint density at radius 3 is 2.60 bits per heavy atom. The zero-order valence-corrected chi connectivity index (χ0v) is 16.7. The van der Waals surface area contributed by atoms with Crippen LogP contribution >= 0.6 is 27.3 Å². The fourth-order valence-corrected chi connectivity index (χ4v) is 5.60. The topological polar surface area (TPSA) is 64.0 Å². The van der Waals surface area contributed by atoms with E-state index >= 15 is 0 Å². The molecule has 1 aromatic carbocycles. The Morgan fingerprint density at radius 2 is 1.96 bits per heavy atom. The van der Waals surface area contributed by atoms with Crippen molar-refractivity contribution in [3.63, 3.8) is 0 Å². The first-order valence-electron chi connectivity index (χ1n) is 7.33. The number of rotatable bonds is 5. The third-order valence-electron chi connectivity index (χ3n) is 3.71. The maximum Gasteiger partial charge on any atom is 0.271 e. The summed E-state index contributed by atoms with van der Waals surface area (Å²) >= 11 is 4.39. The Hall–Kier alpha value is -1.71. The average molecular weight is 444 g/mol. The van der Waals surface area contributed by atoms with E-state index in [1.54, 1.807) is 42.8 Å². The third kappa shape index (κ3) is 3.78. The van der Waals surface area contributed by atoms with Gasteiger partial charge >= 0.3 is 0 Å². The lowest BCUT2D eigenvalue weighted by Crippen LogP contribution is -2.13. The van der Waals surface area contributed by atoms with Crippen molar-refractivity contribution >= 4 is 43.0 Å². The maximum atomic E-state index is 13.9. The Kier molecular flexibility index (Phi) is 4.99. The lowest BCUT2D eigenvalue weighted by Gasteiger charge is -2.08. The van der Waals surface area contributed by atoms with E-state index in [2.05, 4.69) is 25.8 Å². The summed E-state index contributed by atoms with van der Waals surface area (Å²) in [7, 11) is -3.69. The van der Waals surface area contributed by atoms with Crippen LogP contribution in [0.15, 0.2) is 44.4 Å². The van der Waals surface area contributed by atoms with Crippen LogP contribution in [0.5, 0.6) is 0 Å². The molecule has 25 heavy (non-hydrogen) atoms. The molecule has 0 fully saturated rings. The number of nitrogens with one attached hydrogen (secondary N) is 1. The molecule has 5 nitrogen and oxygen atoms in total. The SMILES string of the molecule is Cc1nn(Cc2ccccc2F)c(C)c1NS(=O)(=O)c1ccc(Br)s1. The molecular weight excluding hydrogens is 429 g/mol. The number of halogens is 2. The number of nitrogens with zero attached hydrogens (tertiary/aromatic N) is 2. The van der Waals surface area contributed by atoms with Crippen LogP contribution in [0.1, 0.15) is 17.0 Å². The molecule has 0 bridgehead atoms. The van der Waals surface area contributed by atoms with Crippen molar-refractivity contribution < 1.29 is 12.8 Å². The number of thiophene rings is 1. The Labute approximate surface area is 157 Å². The fraction of sp³-hybridized carbons (Fsp3) is 0.188. The molecule has 0 atom stereocenters. The first kappa shape index (κ1) is 18.1. The highest BCUT2D eigenvalue weighted by Crippen LogP contribution is 2.29. The second-order valence-corrected chi connectivity index (χ2v) is 9.83. The fourth-order valence-electron chi connectivity index (χ4n) is 2.41. The summed E-state index contributed by atoms with van der Waals surface area (Å²) in [5.74, 6) is -0.319. The summed E-state index contributed by atoms with van der Waals surface area (Å²) in [6.07, 6.45) is 0. The summed E-state index contributed by atoms with van der Waals surface area (Å²) in [4.78, 5) is 0. The predicted molar refractivity (Wildman–Crippen MR) is 100 cm³/mol. The van der Waals surface area contributed by atoms with E-state index < -0.39 is 10.0 Å². The summed E-state index contributed by atoms with van der Waals surface area (Å²) < 4.78 is 44.0. The molecule has 2 aromatic heterocycles. The van der Waals surface area contributed by atoms with Gasteiger partial charge in [-0.3, -0.25) is 9.40 Å². The molecule has 1 N–H and O–H groups in total. The minimum Gasteiger partial charge on any atom is -0.275 e. The average Bonchev–Trinajstić information content (AvgIpc) is 3.09. The number of anilines is 1. The van der Waals surface area contributed by atoms with Crippen molar-refractivity contribution in [3.8, 4) is 0 Å². The van der Waals surface area contributed by atoms with E-state index in [0.717, 1.165) is 15.1 Å². The van der Waals surface area contributed by atoms with Crippen LogP contribution in [0.25, 0.3) is 0 Å². The molecule has 0 aliphatic heterocycles. The monoisotopic (exact) mass is 443 g/mol. The highest BCUT2D eigenvalue weighted by atomic mass is 79.9. The molecule has 2 heterocycles. The zero-order valence-electron chi connectivity index (χ0n) is 13.5. The molecule has 0 spiro atoms. The van der Waals surface area contributed by atoms with Gasteiger partial charge in [-0.15, -0.1) is 11.3 Å². The van der Waals surface area contributed by atoms with Gasteiger partial charge in [-0.25, -0.2) is 12.8 Å². The molecule has 3 aromatic rings. The van der Waals surface area contributed by atoms with Crippen LogP contribution in [-0.4, -0.2) is 18.2 Å². The largest absolute Gasteiger partial charge is 0.275 e. The molecule has 9 heteroatoms. The van der Waals surface area contributed by atoms with Gasteiger partial charge in [0.25, 0.3) is 10.0 Å². The highest BCUT2D eigenvalue weighted by Gasteiger charge is 2.21. The van der Waals surface area contributed by atoms with Gasteiger partial charge in [-0.2, -0.15) is 5.10 Å². The maximum absolute atomic E-state index is 13.9. The summed E-state index contributed by atoms with van der Waals surface area (Å²) in [5, 5.41) is 4.35. The number of aryl methyl sites for hydroxylation is 1. The first-order chi connectivity index (χ1) is 11.8. The second kappa shape index (κ2) is 6.89. The number of benzene rings is 1. The van der Waals surface area contributed by atoms with Gasteiger partial charge < -0.3 is 0 Å². The van der Waals surface area contributed by atoms with Crippen LogP contribution in [-0.2, 0) is 16.6 Å². The van der Waals surface area contributed by atoms with Crippen LogP contribution in [0.4, 0.5) is 10.1 Å². The van der Waals surface area contributed by atoms with Crippen LogP contribution < -0.4 is 4.72 Å². The Bertz CT molecular complexity index is 1030. The number of sulfonamides is 1. The summed E-state index contributed by atoms with van der Waals surface area (Å²) in [6.45, 7) is 3.70. The van der Waals surface area contributed by atoms with Crippen molar-refractivity contribution in [1.29, 1.82) is 0 Å². The van der Waals surface area contributed by atoms with Crippen molar-refractivity contribution in [3.05, 3.63) is 63.0 Å². The molecule has 0 aliphatic carbocycles. The number of hydrogen-bond acceptors (Lipinski definition) is 4. The standard InChI is InChI=1S/C16H15BrFN3O2S2/c1-10-16(20-25(22,23)15-8-7-14(17)24-15)11(2)21(19-10)9-12-5-3-4-6-13(12)18/h3-8,20H,9H2,1-2H3. The van der Waals surface area contributed by atoms with Crippen LogP contribution in [0.2, 0.25) is 0 Å². The van der Waals surface area contributed by atoms with Crippen molar-refractivity contribution in [2.24, 2.45) is 0 Å². The molecule has 0 unspecified atom stereocenters. The molecule has 132 valence electrons. The summed E-state index contributed by atoms with van der Waals surface area (Å²) in [5.41, 5.74) is 2.07. The molecule has 0 amide bonds. The first-order valence-corrected chi connectivity index (χ1v) is 10.4. The van der Waals surface area contributed by atoms with E-state index in [1.807, 2.05) is 0 Å². The molecule has 0 radical (unpaired) electrons. The smallest absolute Gasteiger partial charge is 0.271 e. The van der Waals surface area contributed by atoms with E-state index in [1.165, 1.54) is 12.1 Å². The van der Waals surface area contributed by atoms with Gasteiger partial charge in [0.15, 0.2) is 0 Å². The van der Waals surface area contributed by atoms with Crippen molar-refractivity contribution in [2.75, 3.05) is 4.72 Å². The Balaban J connectivity index is 1.91. The van der Waals surface area contributed by atoms with E-state index in [9.17, 15) is 12.8 Å².